The number of nitrogens with one attached hydrogen (secondary N) is 1. The van der Waals surface area contributed by atoms with E-state index in [-0.39, 0.29) is 0 Å². The number of likely N-dealkylation sites (N-methyl/N-ethyl adjacent to an activating group) is 1. The summed E-state index contributed by atoms with van der Waals surface area (Å²) in [7, 11) is 0. The topological polar surface area (TPSA) is 60.2 Å². The normalized spacial score (nSPS) is 23.7. The summed E-state index contributed by atoms with van der Waals surface area (Å²) in [4.78, 5) is 4.45. The van der Waals surface area contributed by atoms with E-state index in [0.717, 1.165) is 31.9 Å². The molecule has 2 atom stereocenters. The molecule has 2 unspecified atom stereocenters. The molecule has 1 aromatic rings. The standard InChI is InChI=1S/C13H23N3O2/c1-3-8-17-9-12-15-13(18-16-12)10-6-5-7-11(10)14-4-2/h10-11,14H,3-9H2,1-2H3. The third-order valence-corrected chi connectivity index (χ3v) is 3.36. The summed E-state index contributed by atoms with van der Waals surface area (Å²) in [6.07, 6.45) is 4.57. The third-order valence-electron chi connectivity index (χ3n) is 3.36. The van der Waals surface area contributed by atoms with Crippen molar-refractivity contribution in [1.82, 2.24) is 15.5 Å². The van der Waals surface area contributed by atoms with Gasteiger partial charge in [0.05, 0.1) is 5.92 Å². The quantitative estimate of drug-likeness (QED) is 0.755. The molecule has 2 rings (SSSR count). The minimum atomic E-state index is 0.373. The summed E-state index contributed by atoms with van der Waals surface area (Å²) in [5, 5.41) is 7.48. The van der Waals surface area contributed by atoms with E-state index in [2.05, 4.69) is 29.3 Å². The Labute approximate surface area is 108 Å². The molecule has 0 amide bonds. The van der Waals surface area contributed by atoms with Gasteiger partial charge in [0, 0.05) is 12.6 Å². The lowest BCUT2D eigenvalue weighted by Crippen LogP contribution is -2.31. The predicted molar refractivity (Wildman–Crippen MR) is 68.3 cm³/mol. The van der Waals surface area contributed by atoms with Gasteiger partial charge < -0.3 is 14.6 Å². The maximum atomic E-state index is 5.42. The first-order valence-corrected chi connectivity index (χ1v) is 6.98. The summed E-state index contributed by atoms with van der Waals surface area (Å²) in [6, 6.07) is 0.486. The first-order valence-electron chi connectivity index (χ1n) is 6.98. The number of rotatable bonds is 7. The second-order valence-electron chi connectivity index (χ2n) is 4.80. The molecule has 102 valence electrons. The molecule has 1 N–H and O–H groups in total. The Morgan fingerprint density at radius 3 is 3.06 bits per heavy atom. The molecule has 5 nitrogen and oxygen atoms in total. The van der Waals surface area contributed by atoms with Gasteiger partial charge in [0.2, 0.25) is 5.89 Å². The Bertz CT molecular complexity index is 354. The van der Waals surface area contributed by atoms with Crippen molar-refractivity contribution < 1.29 is 9.26 Å². The lowest BCUT2D eigenvalue weighted by Gasteiger charge is -2.16. The van der Waals surface area contributed by atoms with E-state index >= 15 is 0 Å². The van der Waals surface area contributed by atoms with Gasteiger partial charge in [0.15, 0.2) is 5.82 Å². The van der Waals surface area contributed by atoms with Crippen LogP contribution >= 0.6 is 0 Å². The molecule has 1 aliphatic rings. The first-order chi connectivity index (χ1) is 8.85. The first kappa shape index (κ1) is 13.5. The van der Waals surface area contributed by atoms with Crippen molar-refractivity contribution in [3.05, 3.63) is 11.7 Å². The summed E-state index contributed by atoms with van der Waals surface area (Å²) in [5.74, 6) is 1.81. The number of nitrogens with zero attached hydrogens (tertiary/aromatic N) is 2. The van der Waals surface area contributed by atoms with Gasteiger partial charge in [-0.1, -0.05) is 25.4 Å². The monoisotopic (exact) mass is 253 g/mol. The highest BCUT2D eigenvalue weighted by atomic mass is 16.5. The highest BCUT2D eigenvalue weighted by Gasteiger charge is 2.32. The van der Waals surface area contributed by atoms with Gasteiger partial charge in [-0.25, -0.2) is 0 Å². The van der Waals surface area contributed by atoms with Gasteiger partial charge in [-0.15, -0.1) is 0 Å². The number of ether oxygens (including phenoxy) is 1. The zero-order valence-corrected chi connectivity index (χ0v) is 11.3. The SMILES string of the molecule is CCCOCc1noc(C2CCCC2NCC)n1. The number of hydrogen-bond donors (Lipinski definition) is 1. The Balaban J connectivity index is 1.92. The van der Waals surface area contributed by atoms with Crippen LogP contribution in [0.2, 0.25) is 0 Å². The van der Waals surface area contributed by atoms with Crippen molar-refractivity contribution in [1.29, 1.82) is 0 Å². The van der Waals surface area contributed by atoms with E-state index < -0.39 is 0 Å². The second-order valence-corrected chi connectivity index (χ2v) is 4.80. The fourth-order valence-electron chi connectivity index (χ4n) is 2.55. The Morgan fingerprint density at radius 2 is 2.28 bits per heavy atom. The fraction of sp³-hybridized carbons (Fsp3) is 0.846. The molecule has 1 fully saturated rings. The van der Waals surface area contributed by atoms with E-state index in [1.165, 1.54) is 12.8 Å². The summed E-state index contributed by atoms with van der Waals surface area (Å²) >= 11 is 0. The maximum Gasteiger partial charge on any atom is 0.231 e. The van der Waals surface area contributed by atoms with E-state index in [9.17, 15) is 0 Å². The van der Waals surface area contributed by atoms with Gasteiger partial charge >= 0.3 is 0 Å². The van der Waals surface area contributed by atoms with Gasteiger partial charge in [-0.05, 0) is 25.8 Å². The molecule has 5 heteroatoms. The van der Waals surface area contributed by atoms with Crippen LogP contribution in [0, 0.1) is 0 Å². The van der Waals surface area contributed by atoms with E-state index in [0.29, 0.717) is 24.4 Å². The van der Waals surface area contributed by atoms with Gasteiger partial charge in [0.25, 0.3) is 0 Å². The van der Waals surface area contributed by atoms with Crippen LogP contribution in [0.3, 0.4) is 0 Å². The highest BCUT2D eigenvalue weighted by Crippen LogP contribution is 2.33. The molecule has 0 aliphatic heterocycles. The van der Waals surface area contributed by atoms with Crippen molar-refractivity contribution in [2.24, 2.45) is 0 Å². The lowest BCUT2D eigenvalue weighted by molar-refractivity contribution is 0.114. The molecular weight excluding hydrogens is 230 g/mol. The van der Waals surface area contributed by atoms with Gasteiger partial charge in [0.1, 0.15) is 6.61 Å². The third kappa shape index (κ3) is 3.29. The van der Waals surface area contributed by atoms with Crippen LogP contribution in [0.5, 0.6) is 0 Å². The largest absolute Gasteiger partial charge is 0.373 e. The molecular formula is C13H23N3O2. The molecule has 18 heavy (non-hydrogen) atoms. The zero-order valence-electron chi connectivity index (χ0n) is 11.3. The molecule has 1 aromatic heterocycles. The molecule has 0 saturated heterocycles. The fourth-order valence-corrected chi connectivity index (χ4v) is 2.55. The van der Waals surface area contributed by atoms with Crippen LogP contribution in [-0.4, -0.2) is 29.3 Å². The molecule has 1 heterocycles. The molecule has 0 bridgehead atoms. The van der Waals surface area contributed by atoms with Crippen LogP contribution in [0.25, 0.3) is 0 Å². The number of aromatic nitrogens is 2. The van der Waals surface area contributed by atoms with Crippen molar-refractivity contribution in [2.45, 2.75) is 58.1 Å². The Hall–Kier alpha value is -0.940. The summed E-state index contributed by atoms with van der Waals surface area (Å²) in [6.45, 7) is 6.40. The average molecular weight is 253 g/mol. The molecule has 0 spiro atoms. The number of hydrogen-bond acceptors (Lipinski definition) is 5. The van der Waals surface area contributed by atoms with Crippen LogP contribution in [0.15, 0.2) is 4.52 Å². The van der Waals surface area contributed by atoms with Crippen molar-refractivity contribution >= 4 is 0 Å². The minimum absolute atomic E-state index is 0.373. The van der Waals surface area contributed by atoms with Crippen molar-refractivity contribution in [2.75, 3.05) is 13.2 Å². The summed E-state index contributed by atoms with van der Waals surface area (Å²) < 4.78 is 10.8. The lowest BCUT2D eigenvalue weighted by atomic mass is 10.0. The Kier molecular flexibility index (Phi) is 5.13. The predicted octanol–water partition coefficient (Wildman–Crippen LogP) is 2.24. The second kappa shape index (κ2) is 6.85. The maximum absolute atomic E-state index is 5.42. The minimum Gasteiger partial charge on any atom is -0.373 e. The molecule has 0 aromatic carbocycles. The van der Waals surface area contributed by atoms with Crippen LogP contribution in [-0.2, 0) is 11.3 Å². The molecule has 0 radical (unpaired) electrons. The van der Waals surface area contributed by atoms with E-state index in [1.807, 2.05) is 0 Å². The van der Waals surface area contributed by atoms with Crippen molar-refractivity contribution in [3.8, 4) is 0 Å². The van der Waals surface area contributed by atoms with Gasteiger partial charge in [-0.2, -0.15) is 4.98 Å². The molecule has 1 aliphatic carbocycles. The molecule has 1 saturated carbocycles. The van der Waals surface area contributed by atoms with Crippen LogP contribution < -0.4 is 5.32 Å². The highest BCUT2D eigenvalue weighted by molar-refractivity contribution is 5.02. The van der Waals surface area contributed by atoms with E-state index in [1.54, 1.807) is 0 Å². The zero-order chi connectivity index (χ0) is 12.8. The smallest absolute Gasteiger partial charge is 0.231 e. The van der Waals surface area contributed by atoms with Crippen LogP contribution in [0.4, 0.5) is 0 Å². The van der Waals surface area contributed by atoms with Gasteiger partial charge in [-0.3, -0.25) is 0 Å². The van der Waals surface area contributed by atoms with Crippen LogP contribution in [0.1, 0.15) is 57.2 Å². The van der Waals surface area contributed by atoms with Crippen molar-refractivity contribution in [3.63, 3.8) is 0 Å². The Morgan fingerprint density at radius 1 is 1.39 bits per heavy atom. The van der Waals surface area contributed by atoms with E-state index in [4.69, 9.17) is 9.26 Å². The average Bonchev–Trinajstić information content (AvgIpc) is 2.98. The summed E-state index contributed by atoms with van der Waals surface area (Å²) in [5.41, 5.74) is 0.